The number of likely N-dealkylation sites (N-methyl/N-ethyl adjacent to an activating group) is 1. The summed E-state index contributed by atoms with van der Waals surface area (Å²) in [7, 11) is 2.17. The molecule has 0 spiro atoms. The third-order valence-electron chi connectivity index (χ3n) is 6.16. The lowest BCUT2D eigenvalue weighted by Crippen LogP contribution is -2.42. The summed E-state index contributed by atoms with van der Waals surface area (Å²) in [5, 5.41) is 10.4. The van der Waals surface area contributed by atoms with Gasteiger partial charge in [-0.3, -0.25) is 0 Å². The van der Waals surface area contributed by atoms with E-state index in [2.05, 4.69) is 32.7 Å². The lowest BCUT2D eigenvalue weighted by atomic mass is 9.75. The van der Waals surface area contributed by atoms with Crippen molar-refractivity contribution in [2.24, 2.45) is 17.8 Å². The van der Waals surface area contributed by atoms with Crippen molar-refractivity contribution in [1.29, 1.82) is 0 Å². The highest BCUT2D eigenvalue weighted by atomic mass is 16.5. The molecule has 2 aliphatic carbocycles. The van der Waals surface area contributed by atoms with Gasteiger partial charge in [-0.15, -0.1) is 0 Å². The van der Waals surface area contributed by atoms with Crippen LogP contribution in [0, 0.1) is 17.8 Å². The monoisotopic (exact) mass is 325 g/mol. The molecular weight excluding hydrogens is 286 g/mol. The van der Waals surface area contributed by atoms with Crippen LogP contribution in [0.1, 0.15) is 72.1 Å². The SMILES string of the molecule is CC(C)[C@H]1CC[C@@H](C)C[C@@H]1OC[C@@H](O)CN(C)C1CCCCC1. The minimum absolute atomic E-state index is 0.341. The summed E-state index contributed by atoms with van der Waals surface area (Å²) in [6, 6.07) is 0.663. The number of nitrogens with zero attached hydrogens (tertiary/aromatic N) is 1. The highest BCUT2D eigenvalue weighted by Crippen LogP contribution is 2.35. The second kappa shape index (κ2) is 9.39. The van der Waals surface area contributed by atoms with Gasteiger partial charge in [0.15, 0.2) is 0 Å². The maximum Gasteiger partial charge on any atom is 0.0900 e. The lowest BCUT2D eigenvalue weighted by molar-refractivity contribution is -0.0749. The lowest BCUT2D eigenvalue weighted by Gasteiger charge is -2.38. The molecule has 3 nitrogen and oxygen atoms in total. The third kappa shape index (κ3) is 6.03. The minimum Gasteiger partial charge on any atom is -0.389 e. The molecular formula is C20H39NO2. The van der Waals surface area contributed by atoms with Crippen molar-refractivity contribution in [2.45, 2.75) is 90.4 Å². The van der Waals surface area contributed by atoms with Crippen LogP contribution in [-0.4, -0.2) is 48.5 Å². The van der Waals surface area contributed by atoms with E-state index in [1.165, 1.54) is 44.9 Å². The van der Waals surface area contributed by atoms with E-state index in [1.54, 1.807) is 0 Å². The predicted octanol–water partition coefficient (Wildman–Crippen LogP) is 4.09. The fourth-order valence-electron chi connectivity index (χ4n) is 4.60. The van der Waals surface area contributed by atoms with E-state index in [0.29, 0.717) is 30.6 Å². The van der Waals surface area contributed by atoms with Crippen molar-refractivity contribution >= 4 is 0 Å². The number of aliphatic hydroxyl groups excluding tert-OH is 1. The summed E-state index contributed by atoms with van der Waals surface area (Å²) in [6.45, 7) is 8.20. The first-order chi connectivity index (χ1) is 11.0. The second-order valence-electron chi connectivity index (χ2n) is 8.58. The molecule has 2 rings (SSSR count). The zero-order valence-corrected chi connectivity index (χ0v) is 15.8. The Kier molecular flexibility index (Phi) is 7.84. The van der Waals surface area contributed by atoms with Gasteiger partial charge >= 0.3 is 0 Å². The van der Waals surface area contributed by atoms with Crippen LogP contribution in [-0.2, 0) is 4.74 Å². The van der Waals surface area contributed by atoms with Crippen molar-refractivity contribution in [3.8, 4) is 0 Å². The molecule has 2 fully saturated rings. The topological polar surface area (TPSA) is 32.7 Å². The van der Waals surface area contributed by atoms with Gasteiger partial charge in [0, 0.05) is 12.6 Å². The summed E-state index contributed by atoms with van der Waals surface area (Å²) in [5.41, 5.74) is 0. The third-order valence-corrected chi connectivity index (χ3v) is 6.16. The van der Waals surface area contributed by atoms with Crippen LogP contribution in [0.4, 0.5) is 0 Å². The number of ether oxygens (including phenoxy) is 1. The van der Waals surface area contributed by atoms with Crippen molar-refractivity contribution < 1.29 is 9.84 Å². The van der Waals surface area contributed by atoms with Crippen molar-refractivity contribution in [3.63, 3.8) is 0 Å². The van der Waals surface area contributed by atoms with Crippen LogP contribution in [0.3, 0.4) is 0 Å². The summed E-state index contributed by atoms with van der Waals surface area (Å²) >= 11 is 0. The van der Waals surface area contributed by atoms with E-state index in [1.807, 2.05) is 0 Å². The number of rotatable bonds is 7. The van der Waals surface area contributed by atoms with E-state index in [-0.39, 0.29) is 6.10 Å². The van der Waals surface area contributed by atoms with Crippen LogP contribution < -0.4 is 0 Å². The molecule has 0 bridgehead atoms. The first-order valence-electron chi connectivity index (χ1n) is 9.97. The average molecular weight is 326 g/mol. The van der Waals surface area contributed by atoms with Gasteiger partial charge in [0.25, 0.3) is 0 Å². The van der Waals surface area contributed by atoms with Crippen LogP contribution in [0.2, 0.25) is 0 Å². The highest BCUT2D eigenvalue weighted by Gasteiger charge is 2.32. The summed E-state index contributed by atoms with van der Waals surface area (Å²) in [6.07, 6.45) is 10.4. The first-order valence-corrected chi connectivity index (χ1v) is 9.97. The predicted molar refractivity (Wildman–Crippen MR) is 96.6 cm³/mol. The molecule has 0 aromatic carbocycles. The molecule has 23 heavy (non-hydrogen) atoms. The van der Waals surface area contributed by atoms with Crippen LogP contribution >= 0.6 is 0 Å². The van der Waals surface area contributed by atoms with E-state index >= 15 is 0 Å². The zero-order valence-electron chi connectivity index (χ0n) is 15.8. The molecule has 2 aliphatic rings. The fourth-order valence-corrected chi connectivity index (χ4v) is 4.60. The Balaban J connectivity index is 1.74. The second-order valence-corrected chi connectivity index (χ2v) is 8.58. The summed E-state index contributed by atoms with van der Waals surface area (Å²) < 4.78 is 6.20. The maximum absolute atomic E-state index is 10.4. The van der Waals surface area contributed by atoms with Gasteiger partial charge in [0.1, 0.15) is 0 Å². The Morgan fingerprint density at radius 1 is 1.09 bits per heavy atom. The molecule has 0 amide bonds. The molecule has 1 N–H and O–H groups in total. The van der Waals surface area contributed by atoms with E-state index < -0.39 is 0 Å². The largest absolute Gasteiger partial charge is 0.389 e. The highest BCUT2D eigenvalue weighted by molar-refractivity contribution is 4.82. The molecule has 0 saturated heterocycles. The molecule has 2 saturated carbocycles. The molecule has 0 unspecified atom stereocenters. The van der Waals surface area contributed by atoms with Crippen molar-refractivity contribution in [2.75, 3.05) is 20.2 Å². The maximum atomic E-state index is 10.4. The number of aliphatic hydroxyl groups is 1. The molecule has 0 heterocycles. The van der Waals surface area contributed by atoms with Gasteiger partial charge in [-0.1, -0.05) is 46.5 Å². The Morgan fingerprint density at radius 2 is 1.78 bits per heavy atom. The Bertz CT molecular complexity index is 328. The fraction of sp³-hybridized carbons (Fsp3) is 1.00. The first kappa shape index (κ1) is 19.2. The van der Waals surface area contributed by atoms with Crippen molar-refractivity contribution in [3.05, 3.63) is 0 Å². The van der Waals surface area contributed by atoms with E-state index in [0.717, 1.165) is 18.9 Å². The minimum atomic E-state index is -0.355. The molecule has 3 heteroatoms. The Morgan fingerprint density at radius 3 is 2.43 bits per heavy atom. The summed E-state index contributed by atoms with van der Waals surface area (Å²) in [5.74, 6) is 2.10. The van der Waals surface area contributed by atoms with Gasteiger partial charge in [-0.25, -0.2) is 0 Å². The molecule has 136 valence electrons. The molecule has 0 aromatic rings. The molecule has 0 aromatic heterocycles. The smallest absolute Gasteiger partial charge is 0.0900 e. The number of hydrogen-bond acceptors (Lipinski definition) is 3. The van der Waals surface area contributed by atoms with Gasteiger partial charge in [0.05, 0.1) is 18.8 Å². The van der Waals surface area contributed by atoms with Gasteiger partial charge < -0.3 is 14.7 Å². The van der Waals surface area contributed by atoms with Crippen LogP contribution in [0.5, 0.6) is 0 Å². The van der Waals surface area contributed by atoms with Crippen LogP contribution in [0.25, 0.3) is 0 Å². The quantitative estimate of drug-likeness (QED) is 0.765. The van der Waals surface area contributed by atoms with Gasteiger partial charge in [-0.05, 0) is 50.5 Å². The van der Waals surface area contributed by atoms with Crippen molar-refractivity contribution in [1.82, 2.24) is 4.90 Å². The normalized spacial score (nSPS) is 31.7. The molecule has 0 aliphatic heterocycles. The summed E-state index contributed by atoms with van der Waals surface area (Å²) in [4.78, 5) is 2.36. The standard InChI is InChI=1S/C20H39NO2/c1-15(2)19-11-10-16(3)12-20(19)23-14-18(22)13-21(4)17-8-6-5-7-9-17/h15-20,22H,5-14H2,1-4H3/t16-,18+,19-,20+/m1/s1. The molecule has 0 radical (unpaired) electrons. The molecule has 4 atom stereocenters. The zero-order chi connectivity index (χ0) is 16.8. The Hall–Kier alpha value is -0.120. The number of hydrogen-bond donors (Lipinski definition) is 1. The van der Waals surface area contributed by atoms with E-state index in [4.69, 9.17) is 4.74 Å². The van der Waals surface area contributed by atoms with Gasteiger partial charge in [0.2, 0.25) is 0 Å². The Labute approximate surface area is 143 Å². The van der Waals surface area contributed by atoms with Crippen LogP contribution in [0.15, 0.2) is 0 Å². The average Bonchev–Trinajstić information content (AvgIpc) is 2.53. The van der Waals surface area contributed by atoms with Gasteiger partial charge in [-0.2, -0.15) is 0 Å². The van der Waals surface area contributed by atoms with E-state index in [9.17, 15) is 5.11 Å².